The second kappa shape index (κ2) is 8.23. The minimum absolute atomic E-state index is 0.539. The lowest BCUT2D eigenvalue weighted by atomic mass is 10.2. The molecule has 2 fully saturated rings. The zero-order valence-corrected chi connectivity index (χ0v) is 18.1. The fourth-order valence-corrected chi connectivity index (χ4v) is 6.16. The van der Waals surface area contributed by atoms with Crippen LogP contribution in [0.25, 0.3) is 11.0 Å². The molecule has 3 heterocycles. The van der Waals surface area contributed by atoms with E-state index in [1.165, 1.54) is 0 Å². The molecule has 2 aliphatic rings. The van der Waals surface area contributed by atoms with E-state index in [4.69, 9.17) is 12.2 Å². The summed E-state index contributed by atoms with van der Waals surface area (Å²) in [5.41, 5.74) is 2.24. The topological polar surface area (TPSA) is 53.7 Å². The second-order valence-electron chi connectivity index (χ2n) is 7.74. The Morgan fingerprint density at radius 3 is 2.07 bits per heavy atom. The number of rotatable bonds is 4. The molecule has 9 heteroatoms. The van der Waals surface area contributed by atoms with Crippen LogP contribution in [0.1, 0.15) is 25.7 Å². The fraction of sp³-hybridized carbons (Fsp3) is 0.632. The summed E-state index contributed by atoms with van der Waals surface area (Å²) in [4.78, 5) is 2.29. The van der Waals surface area contributed by atoms with Gasteiger partial charge in [-0.2, -0.15) is 17.0 Å². The van der Waals surface area contributed by atoms with Crippen LogP contribution >= 0.6 is 12.2 Å². The number of benzene rings is 1. The van der Waals surface area contributed by atoms with Crippen molar-refractivity contribution in [1.82, 2.24) is 22.6 Å². The van der Waals surface area contributed by atoms with E-state index in [2.05, 4.69) is 21.6 Å². The highest BCUT2D eigenvalue weighted by atomic mass is 32.2. The van der Waals surface area contributed by atoms with Crippen LogP contribution in [-0.4, -0.2) is 70.3 Å². The van der Waals surface area contributed by atoms with Gasteiger partial charge in [0.1, 0.15) is 0 Å². The zero-order valence-electron chi connectivity index (χ0n) is 16.5. The summed E-state index contributed by atoms with van der Waals surface area (Å²) < 4.78 is 34.3. The third-order valence-electron chi connectivity index (χ3n) is 5.94. The minimum Gasteiger partial charge on any atom is -0.320 e. The van der Waals surface area contributed by atoms with Crippen LogP contribution in [0.5, 0.6) is 0 Å². The Bertz CT molecular complexity index is 981. The van der Waals surface area contributed by atoms with Crippen LogP contribution in [0.15, 0.2) is 24.3 Å². The van der Waals surface area contributed by atoms with Gasteiger partial charge in [0.15, 0.2) is 4.77 Å². The summed E-state index contributed by atoms with van der Waals surface area (Å²) >= 11 is 5.63. The van der Waals surface area contributed by atoms with E-state index in [0.717, 1.165) is 54.6 Å². The van der Waals surface area contributed by atoms with Crippen molar-refractivity contribution in [2.45, 2.75) is 32.4 Å². The van der Waals surface area contributed by atoms with Crippen LogP contribution in [-0.2, 0) is 23.9 Å². The molecule has 0 radical (unpaired) electrons. The summed E-state index contributed by atoms with van der Waals surface area (Å²) in [6, 6.07) is 8.21. The quantitative estimate of drug-likeness (QED) is 0.709. The van der Waals surface area contributed by atoms with E-state index in [9.17, 15) is 8.42 Å². The third kappa shape index (κ3) is 3.78. The Morgan fingerprint density at radius 1 is 0.857 bits per heavy atom. The Balaban J connectivity index is 1.44. The maximum Gasteiger partial charge on any atom is 0.282 e. The van der Waals surface area contributed by atoms with Gasteiger partial charge in [0, 0.05) is 46.3 Å². The van der Waals surface area contributed by atoms with Gasteiger partial charge in [-0.15, -0.1) is 0 Å². The fourth-order valence-electron chi connectivity index (χ4n) is 4.24. The first kappa shape index (κ1) is 20.0. The normalized spacial score (nSPS) is 21.2. The average Bonchev–Trinajstić information content (AvgIpc) is 2.92. The highest BCUT2D eigenvalue weighted by Crippen LogP contribution is 2.20. The Morgan fingerprint density at radius 2 is 1.43 bits per heavy atom. The van der Waals surface area contributed by atoms with Crippen LogP contribution in [0.2, 0.25) is 0 Å². The van der Waals surface area contributed by atoms with E-state index in [1.54, 1.807) is 8.61 Å². The van der Waals surface area contributed by atoms with Crippen molar-refractivity contribution < 1.29 is 8.42 Å². The minimum atomic E-state index is -3.33. The monoisotopic (exact) mass is 423 g/mol. The molecule has 0 unspecified atom stereocenters. The molecular weight excluding hydrogens is 394 g/mol. The lowest BCUT2D eigenvalue weighted by molar-refractivity contribution is 0.148. The van der Waals surface area contributed by atoms with Gasteiger partial charge < -0.3 is 9.13 Å². The molecule has 4 rings (SSSR count). The molecule has 7 nitrogen and oxygen atoms in total. The molecule has 2 aromatic rings. The van der Waals surface area contributed by atoms with E-state index in [0.29, 0.717) is 32.8 Å². The molecule has 1 aromatic heterocycles. The number of para-hydroxylation sites is 2. The molecular formula is C19H29N5O2S2. The first-order chi connectivity index (χ1) is 13.5. The lowest BCUT2D eigenvalue weighted by Crippen LogP contribution is -2.53. The van der Waals surface area contributed by atoms with Crippen LogP contribution in [0, 0.1) is 4.77 Å². The first-order valence-corrected chi connectivity index (χ1v) is 11.9. The van der Waals surface area contributed by atoms with Crippen LogP contribution in [0.3, 0.4) is 0 Å². The van der Waals surface area contributed by atoms with Gasteiger partial charge in [0.05, 0.1) is 17.7 Å². The summed E-state index contributed by atoms with van der Waals surface area (Å²) in [6.07, 6.45) is 4.20. The Kier molecular flexibility index (Phi) is 5.89. The van der Waals surface area contributed by atoms with Crippen molar-refractivity contribution in [2.24, 2.45) is 7.05 Å². The zero-order chi connectivity index (χ0) is 19.7. The summed E-state index contributed by atoms with van der Waals surface area (Å²) in [5.74, 6) is 0. The number of piperazine rings is 1. The van der Waals surface area contributed by atoms with Crippen molar-refractivity contribution >= 4 is 33.5 Å². The summed E-state index contributed by atoms with van der Waals surface area (Å²) in [6.45, 7) is 4.53. The third-order valence-corrected chi connectivity index (χ3v) is 8.47. The van der Waals surface area contributed by atoms with Crippen molar-refractivity contribution in [3.05, 3.63) is 29.0 Å². The number of nitrogens with zero attached hydrogens (tertiary/aromatic N) is 5. The number of aryl methyl sites for hydroxylation is 1. The van der Waals surface area contributed by atoms with Crippen LogP contribution in [0.4, 0.5) is 0 Å². The summed E-state index contributed by atoms with van der Waals surface area (Å²) in [7, 11) is -1.34. The number of hydrogen-bond donors (Lipinski definition) is 0. The molecule has 0 bridgehead atoms. The Labute approximate surface area is 172 Å². The Hall–Kier alpha value is -1.26. The van der Waals surface area contributed by atoms with Gasteiger partial charge in [0.2, 0.25) is 0 Å². The van der Waals surface area contributed by atoms with Gasteiger partial charge in [-0.3, -0.25) is 4.90 Å². The maximum atomic E-state index is 13.0. The predicted molar refractivity (Wildman–Crippen MR) is 114 cm³/mol. The molecule has 28 heavy (non-hydrogen) atoms. The predicted octanol–water partition coefficient (Wildman–Crippen LogP) is 2.41. The van der Waals surface area contributed by atoms with Crippen molar-refractivity contribution in [3.8, 4) is 0 Å². The lowest BCUT2D eigenvalue weighted by Gasteiger charge is -2.36. The molecule has 0 atom stereocenters. The molecule has 2 saturated heterocycles. The highest BCUT2D eigenvalue weighted by molar-refractivity contribution is 7.86. The molecule has 0 spiro atoms. The largest absolute Gasteiger partial charge is 0.320 e. The number of aromatic nitrogens is 2. The van der Waals surface area contributed by atoms with Gasteiger partial charge >= 0.3 is 0 Å². The van der Waals surface area contributed by atoms with E-state index >= 15 is 0 Å². The van der Waals surface area contributed by atoms with Crippen LogP contribution < -0.4 is 0 Å². The molecule has 0 N–H and O–H groups in total. The van der Waals surface area contributed by atoms with Gasteiger partial charge in [-0.25, -0.2) is 0 Å². The number of imidazole rings is 1. The summed E-state index contributed by atoms with van der Waals surface area (Å²) in [5, 5.41) is 0. The second-order valence-corrected chi connectivity index (χ2v) is 10.0. The first-order valence-electron chi connectivity index (χ1n) is 10.1. The van der Waals surface area contributed by atoms with E-state index < -0.39 is 10.2 Å². The van der Waals surface area contributed by atoms with Crippen molar-refractivity contribution in [3.63, 3.8) is 0 Å². The molecule has 0 amide bonds. The maximum absolute atomic E-state index is 13.0. The molecule has 154 valence electrons. The van der Waals surface area contributed by atoms with E-state index in [1.807, 2.05) is 23.7 Å². The van der Waals surface area contributed by atoms with Crippen molar-refractivity contribution in [2.75, 3.05) is 39.3 Å². The number of hydrogen-bond acceptors (Lipinski definition) is 4. The van der Waals surface area contributed by atoms with Gasteiger partial charge in [-0.05, 0) is 37.2 Å². The molecule has 0 aliphatic carbocycles. The van der Waals surface area contributed by atoms with Gasteiger partial charge in [-0.1, -0.05) is 25.0 Å². The average molecular weight is 424 g/mol. The van der Waals surface area contributed by atoms with E-state index in [-0.39, 0.29) is 0 Å². The smallest absolute Gasteiger partial charge is 0.282 e. The van der Waals surface area contributed by atoms with Gasteiger partial charge in [0.25, 0.3) is 10.2 Å². The SMILES string of the molecule is Cn1c(=S)n(CN2CCN(S(=O)(=O)N3CCCCCC3)CC2)c2ccccc21. The number of fused-ring (bicyclic) bond motifs is 1. The highest BCUT2D eigenvalue weighted by Gasteiger charge is 2.32. The van der Waals surface area contributed by atoms with Crippen molar-refractivity contribution in [1.29, 1.82) is 0 Å². The standard InChI is InChI=1S/C19H29N5O2S2/c1-20-17-8-4-5-9-18(17)24(19(20)27)16-21-12-14-23(15-13-21)28(25,26)22-10-6-2-3-7-11-22/h4-5,8-9H,2-3,6-7,10-16H2,1H3. The molecule has 0 saturated carbocycles. The molecule has 2 aliphatic heterocycles. The molecule has 1 aromatic carbocycles.